The monoisotopic (exact) mass is 422 g/mol. The zero-order valence-corrected chi connectivity index (χ0v) is 17.5. The van der Waals surface area contributed by atoms with E-state index in [0.29, 0.717) is 16.1 Å². The molecule has 3 heterocycles. The van der Waals surface area contributed by atoms with Crippen LogP contribution < -0.4 is 5.32 Å². The minimum Gasteiger partial charge on any atom is -0.301 e. The summed E-state index contributed by atoms with van der Waals surface area (Å²) in [4.78, 5) is 20.8. The van der Waals surface area contributed by atoms with Crippen molar-refractivity contribution < 1.29 is 4.79 Å². The molecule has 0 spiro atoms. The predicted octanol–water partition coefficient (Wildman–Crippen LogP) is 4.13. The number of hydrogen-bond donors (Lipinski definition) is 1. The molecular formula is C20H18N6OS2. The lowest BCUT2D eigenvalue weighted by Gasteiger charge is -2.13. The maximum absolute atomic E-state index is 12.3. The van der Waals surface area contributed by atoms with Gasteiger partial charge in [0.2, 0.25) is 5.91 Å². The van der Waals surface area contributed by atoms with E-state index >= 15 is 0 Å². The lowest BCUT2D eigenvalue weighted by Crippen LogP contribution is -2.14. The molecule has 0 fully saturated rings. The van der Waals surface area contributed by atoms with Gasteiger partial charge < -0.3 is 5.32 Å². The molecule has 3 aromatic heterocycles. The quantitative estimate of drug-likeness (QED) is 0.470. The number of aromatic nitrogens is 5. The van der Waals surface area contributed by atoms with E-state index in [1.807, 2.05) is 42.0 Å². The summed E-state index contributed by atoms with van der Waals surface area (Å²) in [5, 5.41) is 14.6. The van der Waals surface area contributed by atoms with Crippen LogP contribution in [0.4, 0.5) is 5.13 Å². The van der Waals surface area contributed by atoms with E-state index in [-0.39, 0.29) is 11.7 Å². The minimum atomic E-state index is -0.139. The molecule has 0 bridgehead atoms. The molecule has 0 aliphatic rings. The number of aryl methyl sites for hydroxylation is 2. The van der Waals surface area contributed by atoms with E-state index in [9.17, 15) is 4.79 Å². The zero-order chi connectivity index (χ0) is 20.2. The Bertz CT molecular complexity index is 1130. The van der Waals surface area contributed by atoms with Crippen LogP contribution in [0, 0.1) is 13.8 Å². The van der Waals surface area contributed by atoms with Gasteiger partial charge in [-0.2, -0.15) is 0 Å². The van der Waals surface area contributed by atoms with Crippen molar-refractivity contribution in [2.75, 3.05) is 11.1 Å². The minimum absolute atomic E-state index is 0.139. The van der Waals surface area contributed by atoms with Crippen LogP contribution in [0.1, 0.15) is 11.1 Å². The van der Waals surface area contributed by atoms with Gasteiger partial charge in [0.15, 0.2) is 16.1 Å². The number of thiazole rings is 1. The van der Waals surface area contributed by atoms with Crippen LogP contribution in [0.15, 0.2) is 59.3 Å². The van der Waals surface area contributed by atoms with Crippen LogP contribution in [0.25, 0.3) is 17.2 Å². The molecule has 0 saturated heterocycles. The lowest BCUT2D eigenvalue weighted by molar-refractivity contribution is -0.113. The fraction of sp³-hybridized carbons (Fsp3) is 0.150. The molecule has 0 unspecified atom stereocenters. The van der Waals surface area contributed by atoms with Gasteiger partial charge in [-0.1, -0.05) is 30.0 Å². The molecule has 0 radical (unpaired) electrons. The maximum atomic E-state index is 12.3. The summed E-state index contributed by atoms with van der Waals surface area (Å²) in [7, 11) is 0. The van der Waals surface area contributed by atoms with Crippen LogP contribution in [0.3, 0.4) is 0 Å². The molecule has 4 aromatic rings. The van der Waals surface area contributed by atoms with Gasteiger partial charge in [-0.3, -0.25) is 14.3 Å². The summed E-state index contributed by atoms with van der Waals surface area (Å²) in [6, 6.07) is 11.9. The highest BCUT2D eigenvalue weighted by Gasteiger charge is 2.19. The second-order valence-electron chi connectivity index (χ2n) is 6.32. The third kappa shape index (κ3) is 4.36. The summed E-state index contributed by atoms with van der Waals surface area (Å²) in [6.07, 6.45) is 3.38. The number of carbonyl (C=O) groups is 1. The first-order valence-electron chi connectivity index (χ1n) is 8.88. The molecule has 0 aliphatic heterocycles. The number of rotatable bonds is 6. The van der Waals surface area contributed by atoms with Gasteiger partial charge >= 0.3 is 0 Å². The molecule has 1 N–H and O–H groups in total. The molecule has 146 valence electrons. The number of thioether (sulfide) groups is 1. The van der Waals surface area contributed by atoms with Crippen molar-refractivity contribution in [2.45, 2.75) is 19.0 Å². The van der Waals surface area contributed by atoms with Crippen LogP contribution >= 0.6 is 23.1 Å². The molecule has 7 nitrogen and oxygen atoms in total. The highest BCUT2D eigenvalue weighted by Crippen LogP contribution is 2.29. The Morgan fingerprint density at radius 2 is 2.03 bits per heavy atom. The van der Waals surface area contributed by atoms with Crippen molar-refractivity contribution in [1.82, 2.24) is 24.7 Å². The normalized spacial score (nSPS) is 10.8. The molecule has 4 rings (SSSR count). The molecule has 0 saturated carbocycles. The predicted molar refractivity (Wildman–Crippen MR) is 116 cm³/mol. The standard InChI is InChI=1S/C20H18N6OS2/c1-13-6-7-14(2)16(11-13)26-18(15-5-3-4-8-21-15)24-25-20(26)29-12-17(27)23-19-22-9-10-28-19/h3-11H,12H2,1-2H3,(H,22,23,27). The van der Waals surface area contributed by atoms with Crippen molar-refractivity contribution in [3.8, 4) is 17.2 Å². The molecule has 1 aromatic carbocycles. The average molecular weight is 423 g/mol. The zero-order valence-electron chi connectivity index (χ0n) is 15.9. The fourth-order valence-electron chi connectivity index (χ4n) is 2.77. The van der Waals surface area contributed by atoms with Gasteiger partial charge in [-0.05, 0) is 43.2 Å². The molecular weight excluding hydrogens is 404 g/mol. The van der Waals surface area contributed by atoms with Gasteiger partial charge in [-0.15, -0.1) is 21.5 Å². The van der Waals surface area contributed by atoms with Crippen LogP contribution in [-0.2, 0) is 4.79 Å². The van der Waals surface area contributed by atoms with Crippen molar-refractivity contribution in [3.05, 3.63) is 65.3 Å². The Labute approximate surface area is 176 Å². The Kier molecular flexibility index (Phi) is 5.68. The molecule has 1 amide bonds. The second kappa shape index (κ2) is 8.54. The number of nitrogens with one attached hydrogen (secondary N) is 1. The van der Waals surface area contributed by atoms with E-state index in [2.05, 4.69) is 43.7 Å². The maximum Gasteiger partial charge on any atom is 0.236 e. The van der Waals surface area contributed by atoms with E-state index in [1.165, 1.54) is 23.1 Å². The fourth-order valence-corrected chi connectivity index (χ4v) is 4.06. The first-order chi connectivity index (χ1) is 14.1. The van der Waals surface area contributed by atoms with Crippen molar-refractivity contribution in [3.63, 3.8) is 0 Å². The number of amides is 1. The molecule has 29 heavy (non-hydrogen) atoms. The van der Waals surface area contributed by atoms with Gasteiger partial charge in [0, 0.05) is 17.8 Å². The largest absolute Gasteiger partial charge is 0.301 e. The number of anilines is 1. The van der Waals surface area contributed by atoms with Crippen molar-refractivity contribution >= 4 is 34.1 Å². The molecule has 9 heteroatoms. The summed E-state index contributed by atoms with van der Waals surface area (Å²) in [5.41, 5.74) is 3.91. The number of nitrogens with zero attached hydrogens (tertiary/aromatic N) is 5. The summed E-state index contributed by atoms with van der Waals surface area (Å²) < 4.78 is 1.96. The number of hydrogen-bond acceptors (Lipinski definition) is 7. The summed E-state index contributed by atoms with van der Waals surface area (Å²) in [5.74, 6) is 0.701. The van der Waals surface area contributed by atoms with Crippen LogP contribution in [-0.4, -0.2) is 36.4 Å². The first-order valence-corrected chi connectivity index (χ1v) is 10.7. The Morgan fingerprint density at radius 1 is 1.14 bits per heavy atom. The number of carbonyl (C=O) groups excluding carboxylic acids is 1. The van der Waals surface area contributed by atoms with E-state index in [4.69, 9.17) is 0 Å². The van der Waals surface area contributed by atoms with Gasteiger partial charge in [0.1, 0.15) is 5.69 Å². The molecule has 0 aliphatic carbocycles. The van der Waals surface area contributed by atoms with E-state index < -0.39 is 0 Å². The van der Waals surface area contributed by atoms with Crippen molar-refractivity contribution in [1.29, 1.82) is 0 Å². The SMILES string of the molecule is Cc1ccc(C)c(-n2c(SCC(=O)Nc3nccs3)nnc2-c2ccccn2)c1. The number of pyridine rings is 1. The highest BCUT2D eigenvalue weighted by atomic mass is 32.2. The third-order valence-electron chi connectivity index (χ3n) is 4.14. The van der Waals surface area contributed by atoms with E-state index in [0.717, 1.165) is 22.5 Å². The Balaban J connectivity index is 1.68. The summed E-state index contributed by atoms with van der Waals surface area (Å²) >= 11 is 2.71. The van der Waals surface area contributed by atoms with Crippen LogP contribution in [0.2, 0.25) is 0 Å². The van der Waals surface area contributed by atoms with Gasteiger partial charge in [0.25, 0.3) is 0 Å². The lowest BCUT2D eigenvalue weighted by atomic mass is 10.1. The van der Waals surface area contributed by atoms with Crippen molar-refractivity contribution in [2.24, 2.45) is 0 Å². The Hall–Kier alpha value is -3.04. The topological polar surface area (TPSA) is 85.6 Å². The van der Waals surface area contributed by atoms with Gasteiger partial charge in [-0.25, -0.2) is 4.98 Å². The summed E-state index contributed by atoms with van der Waals surface area (Å²) in [6.45, 7) is 4.09. The number of benzene rings is 1. The third-order valence-corrected chi connectivity index (χ3v) is 5.76. The van der Waals surface area contributed by atoms with E-state index in [1.54, 1.807) is 12.4 Å². The molecule has 0 atom stereocenters. The van der Waals surface area contributed by atoms with Gasteiger partial charge in [0.05, 0.1) is 11.4 Å². The smallest absolute Gasteiger partial charge is 0.236 e. The van der Waals surface area contributed by atoms with Crippen LogP contribution in [0.5, 0.6) is 0 Å². The highest BCUT2D eigenvalue weighted by molar-refractivity contribution is 7.99. The second-order valence-corrected chi connectivity index (χ2v) is 8.16. The first kappa shape index (κ1) is 19.3. The average Bonchev–Trinajstić information content (AvgIpc) is 3.38. The Morgan fingerprint density at radius 3 is 2.79 bits per heavy atom.